The minimum Gasteiger partial charge on any atom is -0.493 e. The van der Waals surface area contributed by atoms with Crippen molar-refractivity contribution in [2.45, 2.75) is 12.8 Å². The topological polar surface area (TPSA) is 112 Å². The fourth-order valence-electron chi connectivity index (χ4n) is 4.44. The maximum Gasteiger partial charge on any atom is 0.303 e. The number of fused-ring (bicyclic) bond motifs is 1. The molecule has 0 fully saturated rings. The van der Waals surface area contributed by atoms with E-state index >= 15 is 4.39 Å². The molecule has 0 saturated carbocycles. The number of benzene rings is 3. The van der Waals surface area contributed by atoms with Gasteiger partial charge in [0.1, 0.15) is 23.4 Å². The van der Waals surface area contributed by atoms with Gasteiger partial charge in [0.2, 0.25) is 0 Å². The zero-order valence-corrected chi connectivity index (χ0v) is 20.9. The molecule has 5 aromatic rings. The highest BCUT2D eigenvalue weighted by molar-refractivity contribution is 6.30. The van der Waals surface area contributed by atoms with Crippen LogP contribution in [0.15, 0.2) is 73.1 Å². The van der Waals surface area contributed by atoms with Gasteiger partial charge in [0.05, 0.1) is 12.8 Å². The van der Waals surface area contributed by atoms with Crippen LogP contribution < -0.4 is 15.2 Å². The summed E-state index contributed by atoms with van der Waals surface area (Å²) < 4.78 is 28.2. The first-order valence-electron chi connectivity index (χ1n) is 11.6. The number of carbonyl (C=O) groups is 1. The highest BCUT2D eigenvalue weighted by Crippen LogP contribution is 2.44. The van der Waals surface area contributed by atoms with Crippen molar-refractivity contribution in [3.63, 3.8) is 0 Å². The van der Waals surface area contributed by atoms with Crippen LogP contribution in [0.4, 0.5) is 10.2 Å². The first kappa shape index (κ1) is 25.0. The van der Waals surface area contributed by atoms with Crippen molar-refractivity contribution >= 4 is 28.9 Å². The van der Waals surface area contributed by atoms with Crippen molar-refractivity contribution in [2.75, 3.05) is 12.8 Å². The van der Waals surface area contributed by atoms with Crippen molar-refractivity contribution < 1.29 is 23.8 Å². The number of hydrogen-bond donors (Lipinski definition) is 2. The number of nitrogen functional groups attached to an aromatic ring is 1. The molecule has 0 radical (unpaired) electrons. The summed E-state index contributed by atoms with van der Waals surface area (Å²) in [5.74, 6) is 0.0658. The van der Waals surface area contributed by atoms with Crippen molar-refractivity contribution in [1.82, 2.24) is 14.6 Å². The average Bonchev–Trinajstić information content (AvgIpc) is 3.23. The fraction of sp³-hybridized carbons (Fsp3) is 0.107. The third-order valence-electron chi connectivity index (χ3n) is 6.05. The molecule has 0 aliphatic carbocycles. The number of rotatable bonds is 8. The maximum absolute atomic E-state index is 15.1. The van der Waals surface area contributed by atoms with Gasteiger partial charge in [0.15, 0.2) is 17.3 Å². The molecular weight excluding hydrogens is 511 g/mol. The minimum absolute atomic E-state index is 0.0974. The van der Waals surface area contributed by atoms with E-state index in [0.717, 1.165) is 0 Å². The molecule has 8 nitrogen and oxygen atoms in total. The van der Waals surface area contributed by atoms with Gasteiger partial charge in [-0.2, -0.15) is 5.10 Å². The molecule has 2 aromatic heterocycles. The Bertz CT molecular complexity index is 1670. The van der Waals surface area contributed by atoms with Gasteiger partial charge >= 0.3 is 5.97 Å². The molecule has 0 saturated heterocycles. The van der Waals surface area contributed by atoms with Crippen molar-refractivity contribution in [3.05, 3.63) is 89.5 Å². The van der Waals surface area contributed by atoms with E-state index in [0.29, 0.717) is 50.2 Å². The molecular formula is C28H22ClFN4O4. The Morgan fingerprint density at radius 2 is 1.92 bits per heavy atom. The highest BCUT2D eigenvalue weighted by Gasteiger charge is 2.26. The number of aliphatic carboxylic acids is 1. The lowest BCUT2D eigenvalue weighted by Crippen LogP contribution is -2.02. The van der Waals surface area contributed by atoms with Crippen LogP contribution >= 0.6 is 11.6 Å². The van der Waals surface area contributed by atoms with Crippen LogP contribution in [0.1, 0.15) is 12.0 Å². The predicted octanol–water partition coefficient (Wildman–Crippen LogP) is 6.26. The van der Waals surface area contributed by atoms with Crippen LogP contribution in [0.25, 0.3) is 27.9 Å². The number of nitrogens with zero attached hydrogens (tertiary/aromatic N) is 3. The van der Waals surface area contributed by atoms with Gasteiger partial charge < -0.3 is 20.3 Å². The average molecular weight is 533 g/mol. The Balaban J connectivity index is 1.74. The lowest BCUT2D eigenvalue weighted by molar-refractivity contribution is -0.136. The quantitative estimate of drug-likeness (QED) is 0.243. The normalized spacial score (nSPS) is 11.0. The summed E-state index contributed by atoms with van der Waals surface area (Å²) in [6.45, 7) is 0. The molecule has 0 aliphatic heterocycles. The van der Waals surface area contributed by atoms with E-state index in [4.69, 9.17) is 26.8 Å². The summed E-state index contributed by atoms with van der Waals surface area (Å²) in [4.78, 5) is 15.7. The van der Waals surface area contributed by atoms with Gasteiger partial charge in [0, 0.05) is 22.6 Å². The largest absolute Gasteiger partial charge is 0.493 e. The van der Waals surface area contributed by atoms with Gasteiger partial charge in [0.25, 0.3) is 0 Å². The molecule has 192 valence electrons. The Kier molecular flexibility index (Phi) is 6.85. The van der Waals surface area contributed by atoms with E-state index in [1.165, 1.54) is 24.0 Å². The minimum atomic E-state index is -0.993. The number of halogens is 2. The first-order valence-corrected chi connectivity index (χ1v) is 12.0. The molecule has 0 atom stereocenters. The number of aromatic nitrogens is 3. The molecule has 38 heavy (non-hydrogen) atoms. The summed E-state index contributed by atoms with van der Waals surface area (Å²) in [6.07, 6.45) is 1.19. The van der Waals surface area contributed by atoms with Crippen LogP contribution in [0.3, 0.4) is 0 Å². The van der Waals surface area contributed by atoms with Crippen LogP contribution in [0, 0.1) is 5.82 Å². The van der Waals surface area contributed by atoms with E-state index in [2.05, 4.69) is 10.1 Å². The lowest BCUT2D eigenvalue weighted by atomic mass is 9.95. The smallest absolute Gasteiger partial charge is 0.303 e. The maximum atomic E-state index is 15.1. The second-order valence-corrected chi connectivity index (χ2v) is 8.84. The van der Waals surface area contributed by atoms with Crippen LogP contribution in [-0.2, 0) is 11.2 Å². The molecule has 0 unspecified atom stereocenters. The van der Waals surface area contributed by atoms with Gasteiger partial charge in [-0.25, -0.2) is 13.9 Å². The molecule has 0 amide bonds. The van der Waals surface area contributed by atoms with Gasteiger partial charge in [-0.15, -0.1) is 0 Å². The summed E-state index contributed by atoms with van der Waals surface area (Å²) in [7, 11) is 1.51. The van der Waals surface area contributed by atoms with Crippen LogP contribution in [0.5, 0.6) is 17.2 Å². The van der Waals surface area contributed by atoms with Crippen molar-refractivity contribution in [3.8, 4) is 39.6 Å². The molecule has 0 aliphatic rings. The standard InChI is InChI=1S/C28H22ClFN4O4/c1-37-23-13-16(9-11-22(23)38-18-6-4-5-17(29)14-18)25-20(10-12-24(35)36)26(19-7-2-3-8-21(19)30)34-27(25)28(31)32-15-33-34/h2-9,11,13-15H,10,12H2,1H3,(H,35,36)(H2,31,32,33). The van der Waals surface area contributed by atoms with E-state index in [1.807, 2.05) is 0 Å². The number of ether oxygens (including phenoxy) is 2. The predicted molar refractivity (Wildman–Crippen MR) is 142 cm³/mol. The van der Waals surface area contributed by atoms with Crippen LogP contribution in [-0.4, -0.2) is 32.8 Å². The molecule has 2 heterocycles. The first-order chi connectivity index (χ1) is 18.4. The van der Waals surface area contributed by atoms with E-state index in [-0.39, 0.29) is 24.2 Å². The summed E-state index contributed by atoms with van der Waals surface area (Å²) >= 11 is 6.09. The van der Waals surface area contributed by atoms with Crippen molar-refractivity contribution in [1.29, 1.82) is 0 Å². The lowest BCUT2D eigenvalue weighted by Gasteiger charge is -2.13. The Morgan fingerprint density at radius 1 is 1.11 bits per heavy atom. The third-order valence-corrected chi connectivity index (χ3v) is 6.28. The van der Waals surface area contributed by atoms with Gasteiger partial charge in [-0.1, -0.05) is 35.9 Å². The van der Waals surface area contributed by atoms with Crippen LogP contribution in [0.2, 0.25) is 5.02 Å². The molecule has 0 spiro atoms. The monoisotopic (exact) mass is 532 g/mol. The zero-order chi connectivity index (χ0) is 26.8. The number of anilines is 1. The fourth-order valence-corrected chi connectivity index (χ4v) is 4.62. The van der Waals surface area contributed by atoms with Crippen molar-refractivity contribution in [2.24, 2.45) is 0 Å². The molecule has 5 rings (SSSR count). The Morgan fingerprint density at radius 3 is 2.66 bits per heavy atom. The van der Waals surface area contributed by atoms with Gasteiger partial charge in [-0.05, 0) is 60.0 Å². The van der Waals surface area contributed by atoms with Gasteiger partial charge in [-0.3, -0.25) is 4.79 Å². The third kappa shape index (κ3) is 4.71. The SMILES string of the molecule is COc1cc(-c2c(CCC(=O)O)c(-c3ccccc3F)n3ncnc(N)c23)ccc1Oc1cccc(Cl)c1. The Labute approximate surface area is 222 Å². The zero-order valence-electron chi connectivity index (χ0n) is 20.2. The number of carboxylic acid groups (broad SMARTS) is 1. The Hall–Kier alpha value is -4.63. The van der Waals surface area contributed by atoms with E-state index in [1.54, 1.807) is 60.7 Å². The molecule has 10 heteroatoms. The molecule has 0 bridgehead atoms. The number of methoxy groups -OCH3 is 1. The second kappa shape index (κ2) is 10.4. The number of carboxylic acids is 1. The number of nitrogens with two attached hydrogens (primary N) is 1. The number of hydrogen-bond acceptors (Lipinski definition) is 6. The van der Waals surface area contributed by atoms with E-state index in [9.17, 15) is 9.90 Å². The summed E-state index contributed by atoms with van der Waals surface area (Å²) in [5.41, 5.74) is 9.20. The summed E-state index contributed by atoms with van der Waals surface area (Å²) in [5, 5.41) is 14.4. The summed E-state index contributed by atoms with van der Waals surface area (Å²) in [6, 6.07) is 18.5. The molecule has 3 N–H and O–H groups in total. The van der Waals surface area contributed by atoms with E-state index < -0.39 is 11.8 Å². The highest BCUT2D eigenvalue weighted by atomic mass is 35.5. The molecule has 3 aromatic carbocycles. The second-order valence-electron chi connectivity index (χ2n) is 8.41.